The number of aliphatic hydroxyl groups is 1. The first kappa shape index (κ1) is 19.5. The summed E-state index contributed by atoms with van der Waals surface area (Å²) in [6, 6.07) is 0. The Morgan fingerprint density at radius 3 is 1.89 bits per heavy atom. The van der Waals surface area contributed by atoms with Crippen LogP contribution in [0.3, 0.4) is 0 Å². The van der Waals surface area contributed by atoms with Gasteiger partial charge < -0.3 is 0 Å². The number of hydrogen-bond acceptors (Lipinski definition) is 1. The molecule has 0 amide bonds. The Hall–Kier alpha value is 0.479. The second-order valence-corrected chi connectivity index (χ2v) is 11.2. The van der Waals surface area contributed by atoms with Crippen LogP contribution in [0.25, 0.3) is 0 Å². The van der Waals surface area contributed by atoms with Crippen LogP contribution >= 0.6 is 0 Å². The van der Waals surface area contributed by atoms with Crippen molar-refractivity contribution in [2.75, 3.05) is 0 Å². The van der Waals surface area contributed by atoms with Crippen LogP contribution in [-0.2, 0) is 0 Å². The molecular formula is C17H37OSe+. The van der Waals surface area contributed by atoms with Gasteiger partial charge >= 0.3 is 126 Å². The number of aliphatic hydroxyl groups excluding tert-OH is 1. The Labute approximate surface area is 126 Å². The summed E-state index contributed by atoms with van der Waals surface area (Å²) in [5, 5.41) is 11.0. The zero-order valence-electron chi connectivity index (χ0n) is 13.8. The van der Waals surface area contributed by atoms with E-state index < -0.39 is 0 Å². The number of unbranched alkanes of at least 4 members (excludes halogenated alkanes) is 7. The normalized spacial score (nSPS) is 14.8. The van der Waals surface area contributed by atoms with E-state index in [0.717, 1.165) is 12.3 Å². The summed E-state index contributed by atoms with van der Waals surface area (Å²) in [4.78, 5) is 0. The Morgan fingerprint density at radius 1 is 0.895 bits per heavy atom. The molecule has 0 saturated heterocycles. The van der Waals surface area contributed by atoms with Gasteiger partial charge in [0.25, 0.3) is 0 Å². The molecule has 0 spiro atoms. The molecule has 116 valence electrons. The SMILES string of the molecule is CCCCCCCCCCC(CC(C)O)C[Se+](C)C. The zero-order valence-corrected chi connectivity index (χ0v) is 15.5. The average molecular weight is 336 g/mol. The van der Waals surface area contributed by atoms with E-state index in [9.17, 15) is 5.11 Å². The molecule has 0 heterocycles. The number of hydrogen-bond donors (Lipinski definition) is 1. The summed E-state index contributed by atoms with van der Waals surface area (Å²) >= 11 is -0.353. The van der Waals surface area contributed by atoms with Crippen LogP contribution in [0.1, 0.15) is 78.1 Å². The summed E-state index contributed by atoms with van der Waals surface area (Å²) < 4.78 is 0. The van der Waals surface area contributed by atoms with E-state index in [4.69, 9.17) is 0 Å². The van der Waals surface area contributed by atoms with E-state index in [0.29, 0.717) is 0 Å². The van der Waals surface area contributed by atoms with Gasteiger partial charge in [0.15, 0.2) is 0 Å². The molecule has 2 heteroatoms. The van der Waals surface area contributed by atoms with Crippen LogP contribution in [0.15, 0.2) is 0 Å². The maximum absolute atomic E-state index is 9.57. The monoisotopic (exact) mass is 337 g/mol. The molecule has 0 rings (SSSR count). The van der Waals surface area contributed by atoms with Crippen LogP contribution in [0.4, 0.5) is 0 Å². The minimum atomic E-state index is -0.353. The van der Waals surface area contributed by atoms with Crippen LogP contribution in [0, 0.1) is 5.92 Å². The maximum atomic E-state index is 9.57. The summed E-state index contributed by atoms with van der Waals surface area (Å²) in [7, 11) is 0. The van der Waals surface area contributed by atoms with Gasteiger partial charge in [-0.1, -0.05) is 0 Å². The first-order chi connectivity index (χ1) is 9.06. The molecule has 0 aromatic heterocycles. The topological polar surface area (TPSA) is 20.2 Å². The van der Waals surface area contributed by atoms with E-state index >= 15 is 0 Å². The fraction of sp³-hybridized carbons (Fsp3) is 1.00. The van der Waals surface area contributed by atoms with E-state index in [1.807, 2.05) is 6.92 Å². The van der Waals surface area contributed by atoms with Gasteiger partial charge in [0.2, 0.25) is 0 Å². The third-order valence-electron chi connectivity index (χ3n) is 3.71. The van der Waals surface area contributed by atoms with Crippen molar-refractivity contribution in [3.63, 3.8) is 0 Å². The first-order valence-corrected chi connectivity index (χ1v) is 12.9. The second kappa shape index (κ2) is 13.5. The van der Waals surface area contributed by atoms with Crippen molar-refractivity contribution in [3.05, 3.63) is 0 Å². The van der Waals surface area contributed by atoms with Crippen molar-refractivity contribution in [2.45, 2.75) is 101 Å². The van der Waals surface area contributed by atoms with Gasteiger partial charge in [-0.3, -0.25) is 0 Å². The number of rotatable bonds is 13. The molecule has 0 fully saturated rings. The zero-order chi connectivity index (χ0) is 14.5. The van der Waals surface area contributed by atoms with E-state index in [-0.39, 0.29) is 20.0 Å². The predicted octanol–water partition coefficient (Wildman–Crippen LogP) is 5.66. The molecule has 2 atom stereocenters. The molecule has 19 heavy (non-hydrogen) atoms. The van der Waals surface area contributed by atoms with Gasteiger partial charge in [-0.15, -0.1) is 0 Å². The van der Waals surface area contributed by atoms with E-state index in [1.54, 1.807) is 0 Å². The molecule has 0 aliphatic heterocycles. The molecule has 0 bridgehead atoms. The molecule has 0 aliphatic rings. The van der Waals surface area contributed by atoms with Crippen molar-refractivity contribution >= 4 is 13.9 Å². The summed E-state index contributed by atoms with van der Waals surface area (Å²) in [6.45, 7) is 4.22. The van der Waals surface area contributed by atoms with Gasteiger partial charge in [0.05, 0.1) is 0 Å². The van der Waals surface area contributed by atoms with Gasteiger partial charge in [-0.2, -0.15) is 0 Å². The Bertz CT molecular complexity index is 170. The van der Waals surface area contributed by atoms with Gasteiger partial charge in [-0.25, -0.2) is 0 Å². The van der Waals surface area contributed by atoms with Crippen molar-refractivity contribution in [1.29, 1.82) is 0 Å². The molecule has 0 aromatic rings. The molecule has 0 radical (unpaired) electrons. The second-order valence-electron chi connectivity index (χ2n) is 6.37. The van der Waals surface area contributed by atoms with Gasteiger partial charge in [0.1, 0.15) is 0 Å². The molecule has 2 unspecified atom stereocenters. The predicted molar refractivity (Wildman–Crippen MR) is 89.3 cm³/mol. The van der Waals surface area contributed by atoms with Gasteiger partial charge in [0, 0.05) is 0 Å². The third kappa shape index (κ3) is 14.7. The fourth-order valence-electron chi connectivity index (χ4n) is 2.79. The molecule has 1 N–H and O–H groups in total. The summed E-state index contributed by atoms with van der Waals surface area (Å²) in [5.41, 5.74) is 0. The third-order valence-corrected chi connectivity index (χ3v) is 6.10. The quantitative estimate of drug-likeness (QED) is 0.340. The molecule has 1 nitrogen and oxygen atoms in total. The van der Waals surface area contributed by atoms with Crippen molar-refractivity contribution < 1.29 is 5.11 Å². The summed E-state index contributed by atoms with van der Waals surface area (Å²) in [6.07, 6.45) is 13.5. The summed E-state index contributed by atoms with van der Waals surface area (Å²) in [5.74, 6) is 5.63. The van der Waals surface area contributed by atoms with Crippen LogP contribution in [0.5, 0.6) is 0 Å². The van der Waals surface area contributed by atoms with Crippen LogP contribution < -0.4 is 0 Å². The Morgan fingerprint density at radius 2 is 1.42 bits per heavy atom. The van der Waals surface area contributed by atoms with Crippen molar-refractivity contribution in [2.24, 2.45) is 5.92 Å². The molecule has 0 aliphatic carbocycles. The first-order valence-electron chi connectivity index (χ1n) is 8.28. The molecule has 0 saturated carbocycles. The van der Waals surface area contributed by atoms with Gasteiger partial charge in [-0.05, 0) is 0 Å². The van der Waals surface area contributed by atoms with E-state index in [1.165, 1.54) is 63.1 Å². The van der Waals surface area contributed by atoms with Crippen LogP contribution in [-0.4, -0.2) is 25.1 Å². The standard InChI is InChI=1S/C17H37OSe/c1-5-6-7-8-9-10-11-12-13-17(14-16(2)18)15-19(3)4/h16-18H,5-15H2,1-4H3/q+1. The Balaban J connectivity index is 3.52. The molecule has 0 aromatic carbocycles. The average Bonchev–Trinajstić information content (AvgIpc) is 2.30. The van der Waals surface area contributed by atoms with E-state index in [2.05, 4.69) is 18.6 Å². The van der Waals surface area contributed by atoms with Crippen LogP contribution in [0.2, 0.25) is 17.0 Å². The molecular weight excluding hydrogens is 299 g/mol. The fourth-order valence-corrected chi connectivity index (χ4v) is 5.40. The Kier molecular flexibility index (Phi) is 13.8. The minimum absolute atomic E-state index is 0.107. The van der Waals surface area contributed by atoms with Crippen molar-refractivity contribution in [1.82, 2.24) is 0 Å². The van der Waals surface area contributed by atoms with Crippen molar-refractivity contribution in [3.8, 4) is 0 Å².